The number of sulfonamides is 1. The molecule has 0 saturated carbocycles. The van der Waals surface area contributed by atoms with Gasteiger partial charge >= 0.3 is 0 Å². The smallest absolute Gasteiger partial charge is 0.246 e. The largest absolute Gasteiger partial charge is 0.495 e. The van der Waals surface area contributed by atoms with Crippen molar-refractivity contribution in [2.75, 3.05) is 44.5 Å². The number of amides is 1. The molecule has 1 N–H and O–H groups in total. The fourth-order valence-electron chi connectivity index (χ4n) is 3.42. The average Bonchev–Trinajstić information content (AvgIpc) is 2.67. The standard InChI is InChI=1S/C20H23F2N3O4S/c1-24(2)30(27,28)18-11-15(6-7-17(18)29-3)23-19(26)12-25-8-4-5-13-9-14(21)10-16(22)20(13)25/h6-7,9-11H,4-5,8,12H2,1-3H3,(H,23,26). The van der Waals surface area contributed by atoms with E-state index in [0.29, 0.717) is 24.9 Å². The van der Waals surface area contributed by atoms with E-state index in [-0.39, 0.29) is 28.6 Å². The number of aryl methyl sites for hydroxylation is 1. The molecule has 0 saturated heterocycles. The molecular formula is C20H23F2N3O4S. The van der Waals surface area contributed by atoms with Gasteiger partial charge in [-0.05, 0) is 42.7 Å². The highest BCUT2D eigenvalue weighted by atomic mass is 32.2. The number of hydrogen-bond acceptors (Lipinski definition) is 5. The van der Waals surface area contributed by atoms with E-state index in [1.165, 1.54) is 45.5 Å². The second kappa shape index (κ2) is 8.57. The van der Waals surface area contributed by atoms with Crippen molar-refractivity contribution in [3.8, 4) is 5.75 Å². The Hall–Kier alpha value is -2.72. The Labute approximate surface area is 174 Å². The maximum atomic E-state index is 14.3. The summed E-state index contributed by atoms with van der Waals surface area (Å²) in [7, 11) is 0.349. The molecule has 0 atom stereocenters. The SMILES string of the molecule is COc1ccc(NC(=O)CN2CCCc3cc(F)cc(F)c32)cc1S(=O)(=O)N(C)C. The number of benzene rings is 2. The zero-order chi connectivity index (χ0) is 22.1. The van der Waals surface area contributed by atoms with Crippen LogP contribution in [-0.2, 0) is 21.2 Å². The Morgan fingerprint density at radius 3 is 2.63 bits per heavy atom. The minimum absolute atomic E-state index is 0.0855. The van der Waals surface area contributed by atoms with E-state index < -0.39 is 27.6 Å². The summed E-state index contributed by atoms with van der Waals surface area (Å²) < 4.78 is 59.0. The van der Waals surface area contributed by atoms with Gasteiger partial charge < -0.3 is 15.0 Å². The molecule has 1 aliphatic heterocycles. The number of ether oxygens (including phenoxy) is 1. The quantitative estimate of drug-likeness (QED) is 0.749. The lowest BCUT2D eigenvalue weighted by molar-refractivity contribution is -0.115. The van der Waals surface area contributed by atoms with Gasteiger partial charge in [0.05, 0.1) is 19.3 Å². The number of anilines is 2. The molecule has 10 heteroatoms. The molecule has 1 heterocycles. The summed E-state index contributed by atoms with van der Waals surface area (Å²) in [5.74, 6) is -1.66. The van der Waals surface area contributed by atoms with Crippen LogP contribution < -0.4 is 15.0 Å². The van der Waals surface area contributed by atoms with Crippen molar-refractivity contribution in [1.82, 2.24) is 4.31 Å². The van der Waals surface area contributed by atoms with Crippen LogP contribution in [0.25, 0.3) is 0 Å². The zero-order valence-corrected chi connectivity index (χ0v) is 17.7. The van der Waals surface area contributed by atoms with Crippen LogP contribution in [0.1, 0.15) is 12.0 Å². The van der Waals surface area contributed by atoms with E-state index >= 15 is 0 Å². The maximum absolute atomic E-state index is 14.3. The fraction of sp³-hybridized carbons (Fsp3) is 0.350. The number of nitrogens with one attached hydrogen (secondary N) is 1. The van der Waals surface area contributed by atoms with Crippen LogP contribution in [0.5, 0.6) is 5.75 Å². The summed E-state index contributed by atoms with van der Waals surface area (Å²) in [6.07, 6.45) is 1.20. The van der Waals surface area contributed by atoms with E-state index in [0.717, 1.165) is 10.4 Å². The molecule has 3 rings (SSSR count). The molecule has 162 valence electrons. The van der Waals surface area contributed by atoms with E-state index in [2.05, 4.69) is 5.32 Å². The number of fused-ring (bicyclic) bond motifs is 1. The first-order valence-electron chi connectivity index (χ1n) is 9.26. The Balaban J connectivity index is 1.82. The van der Waals surface area contributed by atoms with Crippen molar-refractivity contribution < 1.29 is 26.7 Å². The van der Waals surface area contributed by atoms with E-state index in [1.807, 2.05) is 0 Å². The van der Waals surface area contributed by atoms with E-state index in [4.69, 9.17) is 4.74 Å². The third-order valence-electron chi connectivity index (χ3n) is 4.84. The van der Waals surface area contributed by atoms with Gasteiger partial charge in [0.1, 0.15) is 22.3 Å². The van der Waals surface area contributed by atoms with Crippen LogP contribution in [0, 0.1) is 11.6 Å². The molecule has 0 aliphatic carbocycles. The van der Waals surface area contributed by atoms with Crippen molar-refractivity contribution in [2.24, 2.45) is 0 Å². The third-order valence-corrected chi connectivity index (χ3v) is 6.67. The van der Waals surface area contributed by atoms with Crippen molar-refractivity contribution in [2.45, 2.75) is 17.7 Å². The van der Waals surface area contributed by atoms with Gasteiger partial charge in [0, 0.05) is 32.4 Å². The number of nitrogens with zero attached hydrogens (tertiary/aromatic N) is 2. The highest BCUT2D eigenvalue weighted by Gasteiger charge is 2.25. The lowest BCUT2D eigenvalue weighted by atomic mass is 10.0. The lowest BCUT2D eigenvalue weighted by Crippen LogP contribution is -2.37. The van der Waals surface area contributed by atoms with Crippen molar-refractivity contribution in [3.63, 3.8) is 0 Å². The van der Waals surface area contributed by atoms with E-state index in [1.54, 1.807) is 4.90 Å². The molecule has 7 nitrogen and oxygen atoms in total. The minimum atomic E-state index is -3.79. The summed E-state index contributed by atoms with van der Waals surface area (Å²) >= 11 is 0. The maximum Gasteiger partial charge on any atom is 0.246 e. The molecule has 30 heavy (non-hydrogen) atoms. The first kappa shape index (κ1) is 22.0. The van der Waals surface area contributed by atoms with Gasteiger partial charge in [-0.3, -0.25) is 4.79 Å². The normalized spacial score (nSPS) is 13.9. The number of carbonyl (C=O) groups excluding carboxylic acids is 1. The second-order valence-electron chi connectivity index (χ2n) is 7.12. The predicted molar refractivity (Wildman–Crippen MR) is 109 cm³/mol. The van der Waals surface area contributed by atoms with Gasteiger partial charge in [0.15, 0.2) is 0 Å². The van der Waals surface area contributed by atoms with Crippen LogP contribution in [-0.4, -0.2) is 52.9 Å². The lowest BCUT2D eigenvalue weighted by Gasteiger charge is -2.31. The van der Waals surface area contributed by atoms with E-state index in [9.17, 15) is 22.0 Å². The number of methoxy groups -OCH3 is 1. The molecule has 0 fully saturated rings. The Bertz CT molecular complexity index is 1070. The molecule has 2 aromatic rings. The number of halogens is 2. The highest BCUT2D eigenvalue weighted by molar-refractivity contribution is 7.89. The summed E-state index contributed by atoms with van der Waals surface area (Å²) in [6, 6.07) is 6.36. The Kier molecular flexibility index (Phi) is 6.27. The number of hydrogen-bond donors (Lipinski definition) is 1. The predicted octanol–water partition coefficient (Wildman–Crippen LogP) is 2.62. The second-order valence-corrected chi connectivity index (χ2v) is 9.24. The molecule has 0 spiro atoms. The molecule has 2 aromatic carbocycles. The molecule has 0 unspecified atom stereocenters. The average molecular weight is 439 g/mol. The van der Waals surface area contributed by atoms with Gasteiger partial charge in [-0.2, -0.15) is 0 Å². The fourth-order valence-corrected chi connectivity index (χ4v) is 4.50. The van der Waals surface area contributed by atoms with Crippen molar-refractivity contribution in [3.05, 3.63) is 47.5 Å². The van der Waals surface area contributed by atoms with Crippen molar-refractivity contribution >= 4 is 27.3 Å². The topological polar surface area (TPSA) is 79.0 Å². The summed E-state index contributed by atoms with van der Waals surface area (Å²) in [6.45, 7) is 0.295. The molecular weight excluding hydrogens is 416 g/mol. The summed E-state index contributed by atoms with van der Waals surface area (Å²) in [5.41, 5.74) is 1.01. The molecule has 0 radical (unpaired) electrons. The van der Waals surface area contributed by atoms with Crippen LogP contribution in [0.2, 0.25) is 0 Å². The van der Waals surface area contributed by atoms with Gasteiger partial charge in [0.25, 0.3) is 0 Å². The number of rotatable bonds is 6. The molecule has 0 aromatic heterocycles. The summed E-state index contributed by atoms with van der Waals surface area (Å²) in [5, 5.41) is 2.64. The van der Waals surface area contributed by atoms with Crippen molar-refractivity contribution in [1.29, 1.82) is 0 Å². The number of carbonyl (C=O) groups is 1. The zero-order valence-electron chi connectivity index (χ0n) is 16.9. The van der Waals surface area contributed by atoms with Crippen LogP contribution in [0.3, 0.4) is 0 Å². The Morgan fingerprint density at radius 2 is 1.97 bits per heavy atom. The van der Waals surface area contributed by atoms with Gasteiger partial charge in [-0.1, -0.05) is 0 Å². The minimum Gasteiger partial charge on any atom is -0.495 e. The third kappa shape index (κ3) is 4.39. The van der Waals surface area contributed by atoms with Crippen LogP contribution in [0.4, 0.5) is 20.2 Å². The highest BCUT2D eigenvalue weighted by Crippen LogP contribution is 2.31. The monoisotopic (exact) mass is 439 g/mol. The van der Waals surface area contributed by atoms with Gasteiger partial charge in [-0.15, -0.1) is 0 Å². The first-order chi connectivity index (χ1) is 14.1. The van der Waals surface area contributed by atoms with Crippen LogP contribution in [0.15, 0.2) is 35.2 Å². The Morgan fingerprint density at radius 1 is 1.23 bits per heavy atom. The molecule has 1 amide bonds. The van der Waals surface area contributed by atoms with Crippen LogP contribution >= 0.6 is 0 Å². The molecule has 1 aliphatic rings. The first-order valence-corrected chi connectivity index (χ1v) is 10.7. The van der Waals surface area contributed by atoms with Gasteiger partial charge in [-0.25, -0.2) is 21.5 Å². The molecule has 0 bridgehead atoms. The summed E-state index contributed by atoms with van der Waals surface area (Å²) in [4.78, 5) is 14.1. The van der Waals surface area contributed by atoms with Gasteiger partial charge in [0.2, 0.25) is 15.9 Å².